The third-order valence-corrected chi connectivity index (χ3v) is 8.52. The molecule has 0 unspecified atom stereocenters. The second kappa shape index (κ2) is 8.82. The summed E-state index contributed by atoms with van der Waals surface area (Å²) >= 11 is 6.36. The second-order valence-electron chi connectivity index (χ2n) is 8.20. The molecule has 0 saturated carbocycles. The minimum Gasteiger partial charge on any atom is -0.369 e. The van der Waals surface area contributed by atoms with Crippen molar-refractivity contribution in [2.75, 3.05) is 42.5 Å². The average Bonchev–Trinajstić information content (AvgIpc) is 3.29. The molecule has 0 aliphatic carbocycles. The molecule has 2 heterocycles. The van der Waals surface area contributed by atoms with E-state index in [2.05, 4.69) is 4.90 Å². The van der Waals surface area contributed by atoms with Gasteiger partial charge < -0.3 is 9.80 Å². The highest BCUT2D eigenvalue weighted by Crippen LogP contribution is 2.32. The maximum Gasteiger partial charge on any atom is 0.259 e. The minimum absolute atomic E-state index is 0.0934. The summed E-state index contributed by atoms with van der Waals surface area (Å²) in [4.78, 5) is 17.3. The highest BCUT2D eigenvalue weighted by atomic mass is 35.5. The molecule has 33 heavy (non-hydrogen) atoms. The highest BCUT2D eigenvalue weighted by molar-refractivity contribution is 7.89. The fraction of sp³-hybridized carbons (Fsp3) is 0.240. The number of para-hydroxylation sites is 2. The summed E-state index contributed by atoms with van der Waals surface area (Å²) in [7, 11) is -3.75. The molecule has 8 heteroatoms. The van der Waals surface area contributed by atoms with Gasteiger partial charge in [-0.3, -0.25) is 4.79 Å². The molecule has 1 amide bonds. The molecule has 0 spiro atoms. The molecule has 0 N–H and O–H groups in total. The lowest BCUT2D eigenvalue weighted by Gasteiger charge is -2.35. The molecule has 2 aliphatic rings. The first-order chi connectivity index (χ1) is 15.9. The van der Waals surface area contributed by atoms with Crippen molar-refractivity contribution in [3.05, 3.63) is 88.9 Å². The Morgan fingerprint density at radius 3 is 2.27 bits per heavy atom. The van der Waals surface area contributed by atoms with E-state index in [1.54, 1.807) is 4.90 Å². The molecule has 0 aromatic heterocycles. The zero-order valence-corrected chi connectivity index (χ0v) is 19.6. The van der Waals surface area contributed by atoms with Crippen LogP contribution in [0.25, 0.3) is 0 Å². The van der Waals surface area contributed by atoms with Crippen LogP contribution in [0.2, 0.25) is 5.02 Å². The van der Waals surface area contributed by atoms with Gasteiger partial charge in [-0.15, -0.1) is 0 Å². The van der Waals surface area contributed by atoms with E-state index in [0.717, 1.165) is 23.4 Å². The zero-order valence-electron chi connectivity index (χ0n) is 18.0. The number of amides is 1. The van der Waals surface area contributed by atoms with Crippen molar-refractivity contribution in [3.8, 4) is 0 Å². The second-order valence-corrected chi connectivity index (χ2v) is 10.5. The van der Waals surface area contributed by atoms with Crippen LogP contribution in [0.3, 0.4) is 0 Å². The summed E-state index contributed by atoms with van der Waals surface area (Å²) in [6.45, 7) is 2.51. The number of carbonyl (C=O) groups excluding carboxylic acids is 1. The number of sulfonamides is 1. The van der Waals surface area contributed by atoms with Gasteiger partial charge >= 0.3 is 0 Å². The van der Waals surface area contributed by atoms with Crippen LogP contribution in [0.4, 0.5) is 11.4 Å². The predicted octanol–water partition coefficient (Wildman–Crippen LogP) is 4.05. The van der Waals surface area contributed by atoms with Gasteiger partial charge in [-0.1, -0.05) is 48.0 Å². The number of anilines is 2. The Hall–Kier alpha value is -2.87. The normalized spacial score (nSPS) is 16.6. The lowest BCUT2D eigenvalue weighted by molar-refractivity contribution is 0.0989. The topological polar surface area (TPSA) is 60.9 Å². The molecule has 1 fully saturated rings. The van der Waals surface area contributed by atoms with Crippen LogP contribution in [0.15, 0.2) is 77.7 Å². The van der Waals surface area contributed by atoms with E-state index < -0.39 is 10.0 Å². The van der Waals surface area contributed by atoms with Crippen LogP contribution in [0.1, 0.15) is 15.9 Å². The molecule has 0 atom stereocenters. The number of rotatable bonds is 4. The predicted molar refractivity (Wildman–Crippen MR) is 131 cm³/mol. The third-order valence-electron chi connectivity index (χ3n) is 6.30. The fourth-order valence-corrected chi connectivity index (χ4v) is 6.15. The molecule has 2 aliphatic heterocycles. The van der Waals surface area contributed by atoms with Gasteiger partial charge in [0, 0.05) is 44.1 Å². The summed E-state index contributed by atoms with van der Waals surface area (Å²) in [5.74, 6) is -0.282. The zero-order chi connectivity index (χ0) is 23.0. The van der Waals surface area contributed by atoms with Crippen molar-refractivity contribution in [3.63, 3.8) is 0 Å². The van der Waals surface area contributed by atoms with Gasteiger partial charge in [0.15, 0.2) is 0 Å². The van der Waals surface area contributed by atoms with E-state index >= 15 is 0 Å². The SMILES string of the molecule is O=C(c1cc(S(=O)(=O)N2CCN(c3ccccc3)CC2)ccc1Cl)N1CCc2ccccc21. The van der Waals surface area contributed by atoms with Crippen LogP contribution in [-0.2, 0) is 16.4 Å². The molecular weight excluding hydrogens is 458 g/mol. The lowest BCUT2D eigenvalue weighted by Crippen LogP contribution is -2.48. The summed E-state index contributed by atoms with van der Waals surface area (Å²) in [5, 5.41) is 0.247. The van der Waals surface area contributed by atoms with Crippen molar-refractivity contribution in [2.24, 2.45) is 0 Å². The molecule has 6 nitrogen and oxygen atoms in total. The number of fused-ring (bicyclic) bond motifs is 1. The van der Waals surface area contributed by atoms with Crippen LogP contribution >= 0.6 is 11.6 Å². The van der Waals surface area contributed by atoms with Gasteiger partial charge in [0.2, 0.25) is 10.0 Å². The number of carbonyl (C=O) groups is 1. The fourth-order valence-electron chi connectivity index (χ4n) is 4.50. The van der Waals surface area contributed by atoms with E-state index in [4.69, 9.17) is 11.6 Å². The maximum absolute atomic E-state index is 13.4. The molecule has 1 saturated heterocycles. The van der Waals surface area contributed by atoms with E-state index in [-0.39, 0.29) is 21.4 Å². The van der Waals surface area contributed by atoms with Crippen molar-refractivity contribution >= 4 is 38.9 Å². The van der Waals surface area contributed by atoms with Crippen molar-refractivity contribution < 1.29 is 13.2 Å². The number of halogens is 1. The Morgan fingerprint density at radius 2 is 1.52 bits per heavy atom. The van der Waals surface area contributed by atoms with Gasteiger partial charge in [-0.2, -0.15) is 4.31 Å². The Bertz CT molecular complexity index is 1290. The van der Waals surface area contributed by atoms with Gasteiger partial charge in [0.25, 0.3) is 5.91 Å². The van der Waals surface area contributed by atoms with Crippen LogP contribution < -0.4 is 9.80 Å². The number of hydrogen-bond acceptors (Lipinski definition) is 4. The minimum atomic E-state index is -3.75. The number of nitrogens with zero attached hydrogens (tertiary/aromatic N) is 3. The molecule has 3 aromatic carbocycles. The molecule has 5 rings (SSSR count). The van der Waals surface area contributed by atoms with E-state index in [9.17, 15) is 13.2 Å². The first-order valence-corrected chi connectivity index (χ1v) is 12.8. The Balaban J connectivity index is 1.37. The Morgan fingerprint density at radius 1 is 0.818 bits per heavy atom. The molecule has 0 bridgehead atoms. The van der Waals surface area contributed by atoms with Gasteiger partial charge in [0.1, 0.15) is 0 Å². The standard InChI is InChI=1S/C25H24ClN3O3S/c26-23-11-10-21(18-22(23)25(30)29-13-12-19-6-4-5-9-24(19)29)33(31,32)28-16-14-27(15-17-28)20-7-2-1-3-8-20/h1-11,18H,12-17H2. The highest BCUT2D eigenvalue weighted by Gasteiger charge is 2.31. The largest absolute Gasteiger partial charge is 0.369 e. The van der Waals surface area contributed by atoms with Crippen molar-refractivity contribution in [2.45, 2.75) is 11.3 Å². The van der Waals surface area contributed by atoms with Crippen LogP contribution in [0, 0.1) is 0 Å². The molecular formula is C25H24ClN3O3S. The Labute approximate surface area is 199 Å². The third kappa shape index (κ3) is 4.12. The summed E-state index contributed by atoms with van der Waals surface area (Å²) in [6.07, 6.45) is 0.767. The first kappa shape index (κ1) is 21.9. The van der Waals surface area contributed by atoms with Gasteiger partial charge in [0.05, 0.1) is 15.5 Å². The number of hydrogen-bond donors (Lipinski definition) is 0. The quantitative estimate of drug-likeness (QED) is 0.564. The van der Waals surface area contributed by atoms with Gasteiger partial charge in [-0.05, 0) is 48.4 Å². The first-order valence-electron chi connectivity index (χ1n) is 10.9. The lowest BCUT2D eigenvalue weighted by atomic mass is 10.1. The molecule has 0 radical (unpaired) electrons. The summed E-state index contributed by atoms with van der Waals surface area (Å²) in [6, 6.07) is 22.1. The van der Waals surface area contributed by atoms with Crippen LogP contribution in [-0.4, -0.2) is 51.4 Å². The van der Waals surface area contributed by atoms with Crippen molar-refractivity contribution in [1.29, 1.82) is 0 Å². The van der Waals surface area contributed by atoms with Gasteiger partial charge in [-0.25, -0.2) is 8.42 Å². The van der Waals surface area contributed by atoms with Crippen LogP contribution in [0.5, 0.6) is 0 Å². The smallest absolute Gasteiger partial charge is 0.259 e. The van der Waals surface area contributed by atoms with E-state index in [1.807, 2.05) is 54.6 Å². The number of benzene rings is 3. The monoisotopic (exact) mass is 481 g/mol. The summed E-state index contributed by atoms with van der Waals surface area (Å²) in [5.41, 5.74) is 3.24. The molecule has 170 valence electrons. The van der Waals surface area contributed by atoms with E-state index in [0.29, 0.717) is 32.7 Å². The average molecular weight is 482 g/mol. The van der Waals surface area contributed by atoms with Crippen molar-refractivity contribution in [1.82, 2.24) is 4.31 Å². The molecule has 3 aromatic rings. The number of piperazine rings is 1. The summed E-state index contributed by atoms with van der Waals surface area (Å²) < 4.78 is 28.2. The van der Waals surface area contributed by atoms with E-state index in [1.165, 1.54) is 22.5 Å². The maximum atomic E-state index is 13.4. The Kier molecular flexibility index (Phi) is 5.86.